The number of aromatic nitrogens is 3. The molecule has 7 heteroatoms. The van der Waals surface area contributed by atoms with Gasteiger partial charge in [0.15, 0.2) is 17.5 Å². The molecular formula is C69H58N4OSi2. The zero-order valence-corrected chi connectivity index (χ0v) is 45.8. The number of hydrogen-bond donors (Lipinski definition) is 0. The maximum absolute atomic E-state index is 7.35. The summed E-state index contributed by atoms with van der Waals surface area (Å²) >= 11 is 0. The van der Waals surface area contributed by atoms with Gasteiger partial charge < -0.3 is 9.32 Å². The third kappa shape index (κ3) is 9.63. The lowest BCUT2D eigenvalue weighted by Gasteiger charge is -2.26. The van der Waals surface area contributed by atoms with E-state index >= 15 is 0 Å². The van der Waals surface area contributed by atoms with E-state index in [1.54, 1.807) is 0 Å². The second kappa shape index (κ2) is 19.8. The molecule has 0 N–H and O–H groups in total. The van der Waals surface area contributed by atoms with Crippen LogP contribution in [-0.2, 0) is 0 Å². The van der Waals surface area contributed by atoms with Crippen LogP contribution in [0.1, 0.15) is 0 Å². The van der Waals surface area contributed by atoms with Crippen LogP contribution in [0.3, 0.4) is 0 Å². The number of hydrogen-bond acceptors (Lipinski definition) is 5. The summed E-state index contributed by atoms with van der Waals surface area (Å²) in [7, 11) is -3.70. The van der Waals surface area contributed by atoms with Crippen molar-refractivity contribution in [3.8, 4) is 78.7 Å². The van der Waals surface area contributed by atoms with Gasteiger partial charge in [0.05, 0.1) is 16.1 Å². The summed E-state index contributed by atoms with van der Waals surface area (Å²) < 4.78 is 7.35. The van der Waals surface area contributed by atoms with Crippen molar-refractivity contribution in [2.24, 2.45) is 0 Å². The molecule has 0 saturated heterocycles. The Labute approximate surface area is 447 Å². The highest BCUT2D eigenvalue weighted by atomic mass is 28.3. The van der Waals surface area contributed by atoms with Crippen LogP contribution >= 0.6 is 0 Å². The summed E-state index contributed by atoms with van der Waals surface area (Å²) in [6.45, 7) is 14.6. The number of benzene rings is 10. The molecule has 0 amide bonds. The number of nitrogens with zero attached hydrogens (tertiary/aromatic N) is 4. The van der Waals surface area contributed by atoms with Crippen LogP contribution in [0.4, 0.5) is 17.1 Å². The molecule has 0 aliphatic heterocycles. The third-order valence-corrected chi connectivity index (χ3v) is 18.5. The summed E-state index contributed by atoms with van der Waals surface area (Å²) in [6.07, 6.45) is 0. The van der Waals surface area contributed by atoms with Crippen LogP contribution < -0.4 is 15.3 Å². The van der Waals surface area contributed by atoms with Crippen molar-refractivity contribution in [3.05, 3.63) is 243 Å². The van der Waals surface area contributed by atoms with Crippen molar-refractivity contribution in [2.45, 2.75) is 39.3 Å². The minimum absolute atomic E-state index is 0.620. The van der Waals surface area contributed by atoms with Crippen molar-refractivity contribution in [2.75, 3.05) is 4.90 Å². The molecule has 76 heavy (non-hydrogen) atoms. The molecule has 368 valence electrons. The van der Waals surface area contributed by atoms with E-state index in [-0.39, 0.29) is 0 Å². The number of anilines is 3. The van der Waals surface area contributed by atoms with Gasteiger partial charge >= 0.3 is 0 Å². The molecule has 0 saturated carbocycles. The number of furan rings is 1. The van der Waals surface area contributed by atoms with E-state index in [4.69, 9.17) is 19.4 Å². The van der Waals surface area contributed by atoms with Gasteiger partial charge in [-0.15, -0.1) is 0 Å². The summed E-state index contributed by atoms with van der Waals surface area (Å²) in [5, 5.41) is 5.07. The summed E-state index contributed by atoms with van der Waals surface area (Å²) in [4.78, 5) is 17.5. The molecule has 0 radical (unpaired) electrons. The van der Waals surface area contributed by atoms with Crippen LogP contribution in [0, 0.1) is 0 Å². The molecule has 12 rings (SSSR count). The lowest BCUT2D eigenvalue weighted by Crippen LogP contribution is -2.38. The van der Waals surface area contributed by atoms with E-state index in [9.17, 15) is 0 Å². The Hall–Kier alpha value is -8.76. The molecule has 2 aromatic heterocycles. The van der Waals surface area contributed by atoms with Gasteiger partial charge in [-0.2, -0.15) is 0 Å². The molecule has 5 nitrogen and oxygen atoms in total. The highest BCUT2D eigenvalue weighted by Crippen LogP contribution is 2.43. The fourth-order valence-corrected chi connectivity index (χ4v) is 12.5. The molecule has 2 heterocycles. The van der Waals surface area contributed by atoms with Crippen LogP contribution in [0.25, 0.3) is 101 Å². The average molecular weight is 1020 g/mol. The molecule has 0 unspecified atom stereocenters. The number of rotatable bonds is 12. The van der Waals surface area contributed by atoms with Crippen LogP contribution in [0.15, 0.2) is 247 Å². The first-order chi connectivity index (χ1) is 36.9. The Morgan fingerprint density at radius 1 is 0.289 bits per heavy atom. The molecule has 0 atom stereocenters. The standard InChI is InChI=1S/C69H58N4OSi2/c1-75(2,3)59-43-61(51-34-40-58(41-35-51)73(56-36-30-49(31-37-56)47-20-11-7-12-21-47)57-38-32-50(33-39-57)48-22-13-8-14-23-48)65-63(45-59)64-46-60(76(4,5)6)44-62(66(64)74-65)54-28-19-29-55(42-54)69-71-67(52-24-15-9-16-25-52)70-68(72-69)53-26-17-10-18-27-53/h7-46H,1-6H3. The zero-order valence-electron chi connectivity index (χ0n) is 43.8. The molecule has 0 bridgehead atoms. The second-order valence-electron chi connectivity index (χ2n) is 21.7. The Kier molecular flexibility index (Phi) is 12.6. The van der Waals surface area contributed by atoms with Crippen molar-refractivity contribution in [3.63, 3.8) is 0 Å². The van der Waals surface area contributed by atoms with Crippen LogP contribution in [0.5, 0.6) is 0 Å². The van der Waals surface area contributed by atoms with Gasteiger partial charge in [0, 0.05) is 55.7 Å². The smallest absolute Gasteiger partial charge is 0.164 e. The predicted molar refractivity (Wildman–Crippen MR) is 326 cm³/mol. The number of fused-ring (bicyclic) bond motifs is 3. The van der Waals surface area contributed by atoms with Gasteiger partial charge in [-0.25, -0.2) is 15.0 Å². The van der Waals surface area contributed by atoms with Crippen molar-refractivity contribution in [1.82, 2.24) is 15.0 Å². The average Bonchev–Trinajstić information content (AvgIpc) is 3.91. The minimum atomic E-state index is -1.86. The van der Waals surface area contributed by atoms with Gasteiger partial charge in [0.2, 0.25) is 0 Å². The first-order valence-corrected chi connectivity index (χ1v) is 33.2. The molecule has 12 aromatic rings. The fourth-order valence-electron chi connectivity index (χ4n) is 10.1. The SMILES string of the molecule is C[Si](C)(C)c1cc(-c2ccc(N(c3ccc(-c4ccccc4)cc3)c3ccc(-c4ccccc4)cc3)cc2)c2oc3c(-c4cccc(-c5nc(-c6ccccc6)nc(-c6ccccc6)n5)c4)cc([Si](C)(C)C)cc3c2c1. The normalized spacial score (nSPS) is 11.8. The molecule has 10 aromatic carbocycles. The van der Waals surface area contributed by atoms with E-state index < -0.39 is 16.1 Å². The Morgan fingerprint density at radius 3 is 1.00 bits per heavy atom. The highest BCUT2D eigenvalue weighted by molar-refractivity contribution is 6.89. The van der Waals surface area contributed by atoms with Gasteiger partial charge in [0.25, 0.3) is 0 Å². The predicted octanol–water partition coefficient (Wildman–Crippen LogP) is 18.0. The highest BCUT2D eigenvalue weighted by Gasteiger charge is 2.27. The summed E-state index contributed by atoms with van der Waals surface area (Å²) in [5.41, 5.74) is 16.9. The lowest BCUT2D eigenvalue weighted by molar-refractivity contribution is 0.671. The Bertz CT molecular complexity index is 3880. The van der Waals surface area contributed by atoms with E-state index in [1.807, 2.05) is 60.7 Å². The van der Waals surface area contributed by atoms with Crippen molar-refractivity contribution >= 4 is 65.5 Å². The molecule has 0 aliphatic rings. The van der Waals surface area contributed by atoms with E-state index in [1.165, 1.54) is 32.6 Å². The van der Waals surface area contributed by atoms with Crippen molar-refractivity contribution < 1.29 is 4.42 Å². The van der Waals surface area contributed by atoms with Gasteiger partial charge in [-0.05, 0) is 75.8 Å². The van der Waals surface area contributed by atoms with E-state index in [0.29, 0.717) is 17.5 Å². The summed E-state index contributed by atoms with van der Waals surface area (Å²) in [6, 6.07) is 86.6. The van der Waals surface area contributed by atoms with Gasteiger partial charge in [-0.1, -0.05) is 250 Å². The Balaban J connectivity index is 0.988. The zero-order chi connectivity index (χ0) is 52.0. The van der Waals surface area contributed by atoms with Crippen LogP contribution in [-0.4, -0.2) is 31.1 Å². The van der Waals surface area contributed by atoms with E-state index in [2.05, 4.69) is 226 Å². The third-order valence-electron chi connectivity index (χ3n) is 14.4. The quantitative estimate of drug-likeness (QED) is 0.114. The summed E-state index contributed by atoms with van der Waals surface area (Å²) in [5.74, 6) is 1.89. The van der Waals surface area contributed by atoms with Crippen molar-refractivity contribution in [1.29, 1.82) is 0 Å². The van der Waals surface area contributed by atoms with Crippen LogP contribution in [0.2, 0.25) is 39.3 Å². The van der Waals surface area contributed by atoms with Gasteiger partial charge in [0.1, 0.15) is 11.2 Å². The molecule has 0 spiro atoms. The molecular weight excluding hydrogens is 957 g/mol. The molecule has 0 aliphatic carbocycles. The first kappa shape index (κ1) is 48.2. The maximum Gasteiger partial charge on any atom is 0.164 e. The minimum Gasteiger partial charge on any atom is -0.455 e. The maximum atomic E-state index is 7.35. The molecule has 0 fully saturated rings. The Morgan fingerprint density at radius 2 is 0.605 bits per heavy atom. The first-order valence-electron chi connectivity index (χ1n) is 26.2. The topological polar surface area (TPSA) is 55.1 Å². The largest absolute Gasteiger partial charge is 0.455 e. The fraction of sp³-hybridized carbons (Fsp3) is 0.0870. The lowest BCUT2D eigenvalue weighted by atomic mass is 9.98. The second-order valence-corrected chi connectivity index (χ2v) is 31.9. The van der Waals surface area contributed by atoms with Gasteiger partial charge in [-0.3, -0.25) is 0 Å². The van der Waals surface area contributed by atoms with E-state index in [0.717, 1.165) is 77.9 Å². The monoisotopic (exact) mass is 1010 g/mol.